The van der Waals surface area contributed by atoms with E-state index in [1.807, 2.05) is 30.0 Å². The Morgan fingerprint density at radius 1 is 1.16 bits per heavy atom. The van der Waals surface area contributed by atoms with Crippen molar-refractivity contribution < 1.29 is 9.18 Å². The largest absolute Gasteiger partial charge is 0.341 e. The molecule has 2 N–H and O–H groups in total. The molecule has 1 heterocycles. The van der Waals surface area contributed by atoms with Crippen LogP contribution in [0.3, 0.4) is 0 Å². The summed E-state index contributed by atoms with van der Waals surface area (Å²) in [6, 6.07) is 16.9. The minimum Gasteiger partial charge on any atom is -0.341 e. The third-order valence-electron chi connectivity index (χ3n) is 5.19. The molecular formula is C21H25FN2O. The van der Waals surface area contributed by atoms with Gasteiger partial charge in [-0.1, -0.05) is 55.5 Å². The lowest BCUT2D eigenvalue weighted by molar-refractivity contribution is -0.134. The average molecular weight is 340 g/mol. The molecule has 132 valence electrons. The van der Waals surface area contributed by atoms with Crippen molar-refractivity contribution >= 4 is 5.91 Å². The lowest BCUT2D eigenvalue weighted by atomic mass is 9.89. The van der Waals surface area contributed by atoms with Gasteiger partial charge in [0.15, 0.2) is 0 Å². The summed E-state index contributed by atoms with van der Waals surface area (Å²) in [5, 5.41) is 0. The SMILES string of the molecule is CC(Cc1ccccc1F)C(=O)N1C[C@@H](CN)[C@H](c2ccccc2)C1. The molecule has 1 fully saturated rings. The van der Waals surface area contributed by atoms with Crippen LogP contribution in [0, 0.1) is 17.7 Å². The molecule has 2 aromatic rings. The first kappa shape index (κ1) is 17.6. The summed E-state index contributed by atoms with van der Waals surface area (Å²) < 4.78 is 13.8. The van der Waals surface area contributed by atoms with Gasteiger partial charge in [-0.2, -0.15) is 0 Å². The Kier molecular flexibility index (Phi) is 5.49. The first-order chi connectivity index (χ1) is 12.1. The first-order valence-electron chi connectivity index (χ1n) is 8.87. The van der Waals surface area contributed by atoms with Crippen molar-refractivity contribution in [1.29, 1.82) is 0 Å². The second-order valence-electron chi connectivity index (χ2n) is 6.95. The summed E-state index contributed by atoms with van der Waals surface area (Å²) in [6.07, 6.45) is 0.422. The molecule has 0 spiro atoms. The lowest BCUT2D eigenvalue weighted by Crippen LogP contribution is -2.35. The second kappa shape index (κ2) is 7.79. The van der Waals surface area contributed by atoms with Crippen LogP contribution < -0.4 is 5.73 Å². The van der Waals surface area contributed by atoms with Gasteiger partial charge in [0.25, 0.3) is 0 Å². The summed E-state index contributed by atoms with van der Waals surface area (Å²) in [5.41, 5.74) is 7.78. The number of carbonyl (C=O) groups excluding carboxylic acids is 1. The van der Waals surface area contributed by atoms with Crippen LogP contribution in [0.25, 0.3) is 0 Å². The zero-order valence-electron chi connectivity index (χ0n) is 14.6. The zero-order valence-corrected chi connectivity index (χ0v) is 14.6. The number of halogens is 1. The molecule has 4 heteroatoms. The topological polar surface area (TPSA) is 46.3 Å². The van der Waals surface area contributed by atoms with Crippen molar-refractivity contribution in [3.8, 4) is 0 Å². The molecule has 1 aliphatic heterocycles. The summed E-state index contributed by atoms with van der Waals surface area (Å²) >= 11 is 0. The maximum absolute atomic E-state index is 13.8. The molecule has 2 aromatic carbocycles. The highest BCUT2D eigenvalue weighted by atomic mass is 19.1. The van der Waals surface area contributed by atoms with E-state index in [0.717, 1.165) is 0 Å². The van der Waals surface area contributed by atoms with Crippen molar-refractivity contribution in [2.75, 3.05) is 19.6 Å². The smallest absolute Gasteiger partial charge is 0.225 e. The van der Waals surface area contributed by atoms with Crippen LogP contribution in [-0.2, 0) is 11.2 Å². The van der Waals surface area contributed by atoms with Crippen molar-refractivity contribution in [3.63, 3.8) is 0 Å². The van der Waals surface area contributed by atoms with Gasteiger partial charge in [-0.05, 0) is 36.1 Å². The van der Waals surface area contributed by atoms with Gasteiger partial charge >= 0.3 is 0 Å². The normalized spacial score (nSPS) is 21.3. The number of hydrogen-bond acceptors (Lipinski definition) is 2. The Hall–Kier alpha value is -2.20. The quantitative estimate of drug-likeness (QED) is 0.908. The average Bonchev–Trinajstić information content (AvgIpc) is 3.08. The maximum Gasteiger partial charge on any atom is 0.225 e. The van der Waals surface area contributed by atoms with Crippen LogP contribution in [0.1, 0.15) is 24.0 Å². The molecule has 1 amide bonds. The highest BCUT2D eigenvalue weighted by molar-refractivity contribution is 5.79. The van der Waals surface area contributed by atoms with Crippen molar-refractivity contribution in [3.05, 3.63) is 71.5 Å². The highest BCUT2D eigenvalue weighted by Gasteiger charge is 2.36. The van der Waals surface area contributed by atoms with E-state index in [4.69, 9.17) is 5.73 Å². The van der Waals surface area contributed by atoms with Crippen molar-refractivity contribution in [2.24, 2.45) is 17.6 Å². The molecule has 3 rings (SSSR count). The molecule has 0 radical (unpaired) electrons. The summed E-state index contributed by atoms with van der Waals surface area (Å²) in [7, 11) is 0. The Morgan fingerprint density at radius 2 is 1.84 bits per heavy atom. The van der Waals surface area contributed by atoms with Crippen LogP contribution in [0.15, 0.2) is 54.6 Å². The van der Waals surface area contributed by atoms with Gasteiger partial charge in [0.1, 0.15) is 5.82 Å². The molecular weight excluding hydrogens is 315 g/mol. The van der Waals surface area contributed by atoms with Gasteiger partial charge in [-0.3, -0.25) is 4.79 Å². The molecule has 1 unspecified atom stereocenters. The van der Waals surface area contributed by atoms with E-state index >= 15 is 0 Å². The van der Waals surface area contributed by atoms with Gasteiger partial charge in [-0.15, -0.1) is 0 Å². The van der Waals surface area contributed by atoms with E-state index in [0.29, 0.717) is 31.6 Å². The maximum atomic E-state index is 13.8. The Labute approximate surface area is 148 Å². The van der Waals surface area contributed by atoms with Crippen LogP contribution in [0.2, 0.25) is 0 Å². The van der Waals surface area contributed by atoms with Crippen molar-refractivity contribution in [2.45, 2.75) is 19.3 Å². The molecule has 0 aliphatic carbocycles. The van der Waals surface area contributed by atoms with Crippen LogP contribution in [0.4, 0.5) is 4.39 Å². The van der Waals surface area contributed by atoms with Crippen molar-refractivity contribution in [1.82, 2.24) is 4.90 Å². The molecule has 0 saturated carbocycles. The summed E-state index contributed by atoms with van der Waals surface area (Å²) in [4.78, 5) is 14.8. The fourth-order valence-electron chi connectivity index (χ4n) is 3.76. The van der Waals surface area contributed by atoms with E-state index in [2.05, 4.69) is 12.1 Å². The fourth-order valence-corrected chi connectivity index (χ4v) is 3.76. The molecule has 1 saturated heterocycles. The van der Waals surface area contributed by atoms with E-state index in [1.54, 1.807) is 18.2 Å². The Bertz CT molecular complexity index is 719. The van der Waals surface area contributed by atoms with Crippen LogP contribution >= 0.6 is 0 Å². The van der Waals surface area contributed by atoms with E-state index in [1.165, 1.54) is 11.6 Å². The molecule has 1 aliphatic rings. The highest BCUT2D eigenvalue weighted by Crippen LogP contribution is 2.33. The number of nitrogens with two attached hydrogens (primary N) is 1. The number of amides is 1. The van der Waals surface area contributed by atoms with Gasteiger partial charge in [0.05, 0.1) is 0 Å². The molecule has 0 aromatic heterocycles. The van der Waals surface area contributed by atoms with Gasteiger partial charge in [0, 0.05) is 24.9 Å². The molecule has 25 heavy (non-hydrogen) atoms. The molecule has 0 bridgehead atoms. The number of carbonyl (C=O) groups is 1. The van der Waals surface area contributed by atoms with E-state index in [-0.39, 0.29) is 29.5 Å². The number of benzene rings is 2. The Balaban J connectivity index is 1.69. The zero-order chi connectivity index (χ0) is 17.8. The predicted molar refractivity (Wildman–Crippen MR) is 97.6 cm³/mol. The number of hydrogen-bond donors (Lipinski definition) is 1. The summed E-state index contributed by atoms with van der Waals surface area (Å²) in [6.45, 7) is 3.80. The number of rotatable bonds is 5. The second-order valence-corrected chi connectivity index (χ2v) is 6.95. The standard InChI is InChI=1S/C21H25FN2O/c1-15(11-17-9-5-6-10-20(17)22)21(25)24-13-18(12-23)19(14-24)16-7-3-2-4-8-16/h2-10,15,18-19H,11-14,23H2,1H3/t15?,18-,19+/m1/s1. The number of nitrogens with zero attached hydrogens (tertiary/aromatic N) is 1. The molecule has 3 atom stereocenters. The molecule has 3 nitrogen and oxygen atoms in total. The Morgan fingerprint density at radius 3 is 2.52 bits per heavy atom. The monoisotopic (exact) mass is 340 g/mol. The fraction of sp³-hybridized carbons (Fsp3) is 0.381. The van der Waals surface area contributed by atoms with Gasteiger partial charge in [-0.25, -0.2) is 4.39 Å². The van der Waals surface area contributed by atoms with E-state index in [9.17, 15) is 9.18 Å². The minimum absolute atomic E-state index is 0.0835. The minimum atomic E-state index is -0.246. The van der Waals surface area contributed by atoms with E-state index < -0.39 is 0 Å². The van der Waals surface area contributed by atoms with Gasteiger partial charge < -0.3 is 10.6 Å². The van der Waals surface area contributed by atoms with Gasteiger partial charge in [0.2, 0.25) is 5.91 Å². The lowest BCUT2D eigenvalue weighted by Gasteiger charge is -2.21. The van der Waals surface area contributed by atoms with Crippen LogP contribution in [-0.4, -0.2) is 30.4 Å². The third kappa shape index (κ3) is 3.90. The predicted octanol–water partition coefficient (Wildman–Crippen LogP) is 3.21. The number of likely N-dealkylation sites (tertiary alicyclic amines) is 1. The summed E-state index contributed by atoms with van der Waals surface area (Å²) in [5.74, 6) is 0.137. The third-order valence-corrected chi connectivity index (χ3v) is 5.19. The first-order valence-corrected chi connectivity index (χ1v) is 8.87. The van der Waals surface area contributed by atoms with Crippen LogP contribution in [0.5, 0.6) is 0 Å².